The van der Waals surface area contributed by atoms with Gasteiger partial charge in [0.2, 0.25) is 0 Å². The Bertz CT molecular complexity index is 1520. The molecule has 5 rings (SSSR count). The summed E-state index contributed by atoms with van der Waals surface area (Å²) < 4.78 is 29.1. The van der Waals surface area contributed by atoms with Crippen molar-refractivity contribution in [1.29, 1.82) is 5.26 Å². The summed E-state index contributed by atoms with van der Waals surface area (Å²) >= 11 is 0. The number of halogens is 2. The van der Waals surface area contributed by atoms with Crippen LogP contribution in [0.3, 0.4) is 0 Å². The predicted octanol–water partition coefficient (Wildman–Crippen LogP) is 3.71. The highest BCUT2D eigenvalue weighted by molar-refractivity contribution is 5.89. The number of fused-ring (bicyclic) bond motifs is 1. The summed E-state index contributed by atoms with van der Waals surface area (Å²) in [6.07, 6.45) is 0. The Morgan fingerprint density at radius 2 is 1.63 bits per heavy atom. The maximum absolute atomic E-state index is 13.8. The smallest absolute Gasteiger partial charge is 0.252 e. The molecule has 2 aromatic heterocycles. The highest BCUT2D eigenvalue weighted by Crippen LogP contribution is 2.36. The van der Waals surface area contributed by atoms with Crippen molar-refractivity contribution in [2.45, 2.75) is 25.0 Å². The van der Waals surface area contributed by atoms with Crippen LogP contribution in [-0.4, -0.2) is 46.2 Å². The molecular formula is C29H28F2N6O. The maximum atomic E-state index is 13.8. The van der Waals surface area contributed by atoms with Crippen molar-refractivity contribution >= 4 is 16.7 Å². The van der Waals surface area contributed by atoms with Crippen LogP contribution in [0.1, 0.15) is 29.8 Å². The van der Waals surface area contributed by atoms with Crippen molar-refractivity contribution in [2.24, 2.45) is 12.8 Å². The molecule has 0 radical (unpaired) electrons. The van der Waals surface area contributed by atoms with Crippen LogP contribution in [0.2, 0.25) is 0 Å². The number of nitrogens with two attached hydrogens (primary N) is 1. The molecule has 194 valence electrons. The molecule has 2 aromatic carbocycles. The Balaban J connectivity index is 1.58. The number of nitriles is 1. The minimum absolute atomic E-state index is 0.0657. The van der Waals surface area contributed by atoms with Gasteiger partial charge in [-0.3, -0.25) is 9.69 Å². The van der Waals surface area contributed by atoms with E-state index in [9.17, 15) is 18.8 Å². The summed E-state index contributed by atoms with van der Waals surface area (Å²) in [6, 6.07) is 19.2. The molecule has 38 heavy (non-hydrogen) atoms. The van der Waals surface area contributed by atoms with E-state index in [0.29, 0.717) is 36.4 Å². The average Bonchev–Trinajstić information content (AvgIpc) is 2.93. The van der Waals surface area contributed by atoms with Crippen molar-refractivity contribution in [3.8, 4) is 6.07 Å². The Labute approximate surface area is 219 Å². The number of aromatic nitrogens is 2. The largest absolute Gasteiger partial charge is 0.364 e. The zero-order valence-electron chi connectivity index (χ0n) is 21.2. The number of rotatable bonds is 5. The molecule has 3 heterocycles. The van der Waals surface area contributed by atoms with E-state index in [1.165, 1.54) is 28.8 Å². The molecule has 1 aliphatic rings. The van der Waals surface area contributed by atoms with Crippen LogP contribution in [0.5, 0.6) is 0 Å². The molecule has 0 aliphatic carbocycles. The van der Waals surface area contributed by atoms with E-state index in [1.807, 2.05) is 0 Å². The van der Waals surface area contributed by atoms with Gasteiger partial charge in [0.1, 0.15) is 28.9 Å². The molecule has 0 spiro atoms. The molecule has 4 aromatic rings. The molecule has 2 N–H and O–H groups in total. The van der Waals surface area contributed by atoms with Gasteiger partial charge in [-0.2, -0.15) is 5.26 Å². The number of hydrogen-bond donors (Lipinski definition) is 1. The van der Waals surface area contributed by atoms with Gasteiger partial charge >= 0.3 is 0 Å². The molecule has 1 aliphatic heterocycles. The predicted molar refractivity (Wildman–Crippen MR) is 143 cm³/mol. The zero-order chi connectivity index (χ0) is 27.0. The Morgan fingerprint density at radius 3 is 2.18 bits per heavy atom. The fraction of sp³-hybridized carbons (Fsp3) is 0.276. The van der Waals surface area contributed by atoms with Gasteiger partial charge in [-0.05, 0) is 54.4 Å². The lowest BCUT2D eigenvalue weighted by Crippen LogP contribution is -2.60. The molecule has 0 bridgehead atoms. The molecule has 1 fully saturated rings. The highest BCUT2D eigenvalue weighted by atomic mass is 19.1. The molecule has 0 saturated carbocycles. The Hall–Kier alpha value is -4.13. The lowest BCUT2D eigenvalue weighted by Gasteiger charge is -2.49. The van der Waals surface area contributed by atoms with Gasteiger partial charge in [-0.25, -0.2) is 13.8 Å². The number of aryl methyl sites for hydroxylation is 1. The highest BCUT2D eigenvalue weighted by Gasteiger charge is 2.37. The van der Waals surface area contributed by atoms with Crippen molar-refractivity contribution in [3.05, 3.63) is 106 Å². The van der Waals surface area contributed by atoms with Crippen LogP contribution in [0, 0.1) is 23.0 Å². The van der Waals surface area contributed by atoms with Gasteiger partial charge in [0.25, 0.3) is 5.56 Å². The van der Waals surface area contributed by atoms with Gasteiger partial charge in [-0.15, -0.1) is 0 Å². The summed E-state index contributed by atoms with van der Waals surface area (Å²) in [7, 11) is 1.68. The first-order chi connectivity index (χ1) is 18.3. The molecule has 0 unspecified atom stereocenters. The minimum Gasteiger partial charge on any atom is -0.364 e. The van der Waals surface area contributed by atoms with Crippen LogP contribution < -0.4 is 16.2 Å². The van der Waals surface area contributed by atoms with Gasteiger partial charge in [0.05, 0.1) is 17.2 Å². The number of hydrogen-bond acceptors (Lipinski definition) is 6. The van der Waals surface area contributed by atoms with E-state index in [4.69, 9.17) is 5.73 Å². The van der Waals surface area contributed by atoms with Crippen molar-refractivity contribution in [2.75, 3.05) is 24.5 Å². The topological polar surface area (TPSA) is 91.2 Å². The second-order valence-electron chi connectivity index (χ2n) is 9.70. The summed E-state index contributed by atoms with van der Waals surface area (Å²) in [5, 5.41) is 9.44. The number of nitrogens with zero attached hydrogens (tertiary/aromatic N) is 5. The Morgan fingerprint density at radius 1 is 1.03 bits per heavy atom. The van der Waals surface area contributed by atoms with E-state index in [2.05, 4.69) is 27.8 Å². The molecule has 2 atom stereocenters. The monoisotopic (exact) mass is 514 g/mol. The second-order valence-corrected chi connectivity index (χ2v) is 9.70. The van der Waals surface area contributed by atoms with Crippen molar-refractivity contribution in [3.63, 3.8) is 0 Å². The lowest BCUT2D eigenvalue weighted by atomic mass is 9.93. The minimum atomic E-state index is -0.332. The quantitative estimate of drug-likeness (QED) is 0.437. The third-order valence-corrected chi connectivity index (χ3v) is 7.35. The van der Waals surface area contributed by atoms with E-state index in [1.54, 1.807) is 49.5 Å². The number of benzene rings is 2. The van der Waals surface area contributed by atoms with Gasteiger partial charge < -0.3 is 15.2 Å². The van der Waals surface area contributed by atoms with Crippen LogP contribution in [0.15, 0.2) is 71.5 Å². The van der Waals surface area contributed by atoms with Crippen molar-refractivity contribution < 1.29 is 8.78 Å². The summed E-state index contributed by atoms with van der Waals surface area (Å²) in [5.74, 6) is -0.663. The van der Waals surface area contributed by atoms with Gasteiger partial charge in [0, 0.05) is 44.8 Å². The van der Waals surface area contributed by atoms with E-state index < -0.39 is 0 Å². The number of pyridine rings is 2. The third-order valence-electron chi connectivity index (χ3n) is 7.35. The summed E-state index contributed by atoms with van der Waals surface area (Å²) in [4.78, 5) is 21.8. The van der Waals surface area contributed by atoms with E-state index in [0.717, 1.165) is 11.1 Å². The number of piperazine rings is 1. The second kappa shape index (κ2) is 10.3. The molecule has 1 saturated heterocycles. The van der Waals surface area contributed by atoms with Gasteiger partial charge in [0.15, 0.2) is 0 Å². The third kappa shape index (κ3) is 4.64. The standard InChI is InChI=1S/C29H28F2N6O/c1-18-16-37(29(19-3-7-21(30)8-4-19)20-5-9-22(31)10-6-20)24(15-33)17-36(18)26-13-27(38)35(2)25-12-11-23(14-32)34-28(25)26/h3-13,18,24,29H,15-17,33H2,1-2H3/t18-,24+/m0/s1. The fourth-order valence-electron chi connectivity index (χ4n) is 5.39. The molecule has 9 heteroatoms. The Kier molecular flexibility index (Phi) is 6.93. The average molecular weight is 515 g/mol. The normalized spacial score (nSPS) is 18.2. The summed E-state index contributed by atoms with van der Waals surface area (Å²) in [5.41, 5.74) is 10.0. The van der Waals surface area contributed by atoms with Crippen LogP contribution in [0.4, 0.5) is 14.5 Å². The van der Waals surface area contributed by atoms with E-state index in [-0.39, 0.29) is 41.0 Å². The van der Waals surface area contributed by atoms with Crippen LogP contribution in [0.25, 0.3) is 11.0 Å². The first-order valence-corrected chi connectivity index (χ1v) is 12.4. The summed E-state index contributed by atoms with van der Waals surface area (Å²) in [6.45, 7) is 3.44. The van der Waals surface area contributed by atoms with Crippen LogP contribution >= 0.6 is 0 Å². The molecular weight excluding hydrogens is 486 g/mol. The number of anilines is 1. The SMILES string of the molecule is C[C@H]1CN(C(c2ccc(F)cc2)c2ccc(F)cc2)[C@H](CN)CN1c1cc(=O)n(C)c2ccc(C#N)nc12. The van der Waals surface area contributed by atoms with E-state index >= 15 is 0 Å². The molecule has 0 amide bonds. The van der Waals surface area contributed by atoms with Crippen molar-refractivity contribution in [1.82, 2.24) is 14.5 Å². The zero-order valence-corrected chi connectivity index (χ0v) is 21.2. The van der Waals surface area contributed by atoms with Crippen LogP contribution in [-0.2, 0) is 7.05 Å². The van der Waals surface area contributed by atoms with Gasteiger partial charge in [-0.1, -0.05) is 24.3 Å². The lowest BCUT2D eigenvalue weighted by molar-refractivity contribution is 0.123. The fourth-order valence-corrected chi connectivity index (χ4v) is 5.39. The maximum Gasteiger partial charge on any atom is 0.252 e. The first-order valence-electron chi connectivity index (χ1n) is 12.4. The molecule has 7 nitrogen and oxygen atoms in total. The first kappa shape index (κ1) is 25.5.